The Labute approximate surface area is 214 Å². The van der Waals surface area contributed by atoms with Gasteiger partial charge in [-0.3, -0.25) is 10.1 Å². The number of carbonyl (C=O) groups excluding carboxylic acids is 2. The molecule has 2 N–H and O–H groups in total. The van der Waals surface area contributed by atoms with E-state index in [0.717, 1.165) is 22.3 Å². The molecule has 0 aromatic heterocycles. The summed E-state index contributed by atoms with van der Waals surface area (Å²) in [4.78, 5) is 38.4. The van der Waals surface area contributed by atoms with Crippen LogP contribution in [0.3, 0.4) is 0 Å². The number of amides is 2. The van der Waals surface area contributed by atoms with Gasteiger partial charge in [-0.25, -0.2) is 9.59 Å². The summed E-state index contributed by atoms with van der Waals surface area (Å²) in [5, 5.41) is 12.1. The molecular formula is C26H21BrN2O5S. The summed E-state index contributed by atoms with van der Waals surface area (Å²) in [6, 6.07) is 20.1. The van der Waals surface area contributed by atoms with E-state index in [4.69, 9.17) is 4.74 Å². The van der Waals surface area contributed by atoms with Crippen LogP contribution in [0.5, 0.6) is 0 Å². The maximum Gasteiger partial charge on any atom is 0.411 e. The van der Waals surface area contributed by atoms with E-state index >= 15 is 0 Å². The average molecular weight is 553 g/mol. The molecule has 178 valence electrons. The van der Waals surface area contributed by atoms with Crippen molar-refractivity contribution in [1.29, 1.82) is 0 Å². The lowest BCUT2D eigenvalue weighted by Crippen LogP contribution is -2.41. The molecule has 0 saturated carbocycles. The third-order valence-electron chi connectivity index (χ3n) is 6.16. The number of hydrogen-bond acceptors (Lipinski definition) is 5. The Morgan fingerprint density at radius 2 is 1.69 bits per heavy atom. The molecule has 0 spiro atoms. The first-order valence-electron chi connectivity index (χ1n) is 11.0. The van der Waals surface area contributed by atoms with Crippen LogP contribution >= 0.6 is 27.7 Å². The van der Waals surface area contributed by atoms with Crippen LogP contribution in [-0.2, 0) is 9.53 Å². The van der Waals surface area contributed by atoms with E-state index in [0.29, 0.717) is 21.8 Å². The van der Waals surface area contributed by atoms with Crippen LogP contribution in [0.2, 0.25) is 0 Å². The summed E-state index contributed by atoms with van der Waals surface area (Å²) >= 11 is 4.76. The van der Waals surface area contributed by atoms with Crippen molar-refractivity contribution in [1.82, 2.24) is 4.90 Å². The quantitative estimate of drug-likeness (QED) is 0.439. The molecule has 1 atom stereocenters. The molecule has 5 rings (SSSR count). The number of aliphatic carboxylic acids is 1. The number of benzene rings is 3. The molecule has 1 fully saturated rings. The van der Waals surface area contributed by atoms with Crippen LogP contribution in [-0.4, -0.2) is 52.3 Å². The largest absolute Gasteiger partial charge is 0.480 e. The molecule has 0 bridgehead atoms. The van der Waals surface area contributed by atoms with E-state index in [2.05, 4.69) is 45.5 Å². The number of carboxylic acid groups (broad SMARTS) is 1. The highest BCUT2D eigenvalue weighted by Crippen LogP contribution is 2.44. The van der Waals surface area contributed by atoms with Gasteiger partial charge in [0.05, 0.1) is 5.88 Å². The van der Waals surface area contributed by atoms with E-state index in [9.17, 15) is 19.5 Å². The van der Waals surface area contributed by atoms with Crippen LogP contribution in [0.4, 0.5) is 10.5 Å². The van der Waals surface area contributed by atoms with Gasteiger partial charge in [-0.15, -0.1) is 11.8 Å². The maximum absolute atomic E-state index is 13.0. The van der Waals surface area contributed by atoms with Crippen molar-refractivity contribution in [2.45, 2.75) is 12.0 Å². The molecule has 2 aliphatic rings. The summed E-state index contributed by atoms with van der Waals surface area (Å²) in [5.74, 6) is -0.847. The fraction of sp³-hybridized carbons (Fsp3) is 0.192. The lowest BCUT2D eigenvalue weighted by Gasteiger charge is -2.21. The molecule has 35 heavy (non-hydrogen) atoms. The van der Waals surface area contributed by atoms with Gasteiger partial charge in [-0.2, -0.15) is 0 Å². The van der Waals surface area contributed by atoms with Crippen LogP contribution in [0.15, 0.2) is 71.2 Å². The van der Waals surface area contributed by atoms with Gasteiger partial charge in [0.15, 0.2) is 0 Å². The van der Waals surface area contributed by atoms with Crippen molar-refractivity contribution in [3.8, 4) is 11.1 Å². The smallest absolute Gasteiger partial charge is 0.411 e. The molecule has 7 nitrogen and oxygen atoms in total. The third-order valence-corrected chi connectivity index (χ3v) is 7.63. The van der Waals surface area contributed by atoms with Crippen molar-refractivity contribution in [2.24, 2.45) is 0 Å². The van der Waals surface area contributed by atoms with E-state index in [-0.39, 0.29) is 18.1 Å². The maximum atomic E-state index is 13.0. The van der Waals surface area contributed by atoms with E-state index in [1.807, 2.05) is 24.3 Å². The number of rotatable bonds is 5. The van der Waals surface area contributed by atoms with E-state index in [1.165, 1.54) is 22.7 Å². The van der Waals surface area contributed by atoms with Gasteiger partial charge >= 0.3 is 12.1 Å². The number of carboxylic acids is 1. The Bertz CT molecular complexity index is 1290. The zero-order chi connectivity index (χ0) is 24.5. The fourth-order valence-electron chi connectivity index (χ4n) is 4.55. The summed E-state index contributed by atoms with van der Waals surface area (Å²) in [5.41, 5.74) is 5.18. The summed E-state index contributed by atoms with van der Waals surface area (Å²) < 4.78 is 6.17. The topological polar surface area (TPSA) is 95.9 Å². The number of carbonyl (C=O) groups is 3. The van der Waals surface area contributed by atoms with Gasteiger partial charge in [0.2, 0.25) is 0 Å². The number of thioether (sulfide) groups is 1. The number of nitrogens with zero attached hydrogens (tertiary/aromatic N) is 1. The highest BCUT2D eigenvalue weighted by Gasteiger charge is 2.35. The lowest BCUT2D eigenvalue weighted by atomic mass is 9.98. The fourth-order valence-corrected chi connectivity index (χ4v) is 6.19. The van der Waals surface area contributed by atoms with Crippen LogP contribution in [0, 0.1) is 0 Å². The Kier molecular flexibility index (Phi) is 6.53. The van der Waals surface area contributed by atoms with Gasteiger partial charge in [0.25, 0.3) is 5.91 Å². The van der Waals surface area contributed by atoms with Gasteiger partial charge < -0.3 is 14.7 Å². The highest BCUT2D eigenvalue weighted by atomic mass is 79.9. The highest BCUT2D eigenvalue weighted by molar-refractivity contribution is 9.10. The van der Waals surface area contributed by atoms with Gasteiger partial charge in [-0.05, 0) is 40.5 Å². The first kappa shape index (κ1) is 23.4. The SMILES string of the molecule is O=C(Nc1cc(Br)cc(C(=O)N2CSCC2C(=O)O)c1)OCC1c2ccccc2-c2ccccc21. The van der Waals surface area contributed by atoms with Gasteiger partial charge in [0, 0.05) is 27.4 Å². The Balaban J connectivity index is 1.28. The summed E-state index contributed by atoms with van der Waals surface area (Å²) in [6.45, 7) is 0.172. The normalized spacial score (nSPS) is 16.5. The standard InChI is InChI=1S/C26H21BrN2O5S/c27-16-9-15(24(30)29-14-35-13-23(29)25(31)32)10-17(11-16)28-26(33)34-12-22-20-7-3-1-5-18(20)19-6-2-4-8-21(19)22/h1-11,22-23H,12-14H2,(H,28,33)(H,31,32). The monoisotopic (exact) mass is 552 g/mol. The van der Waals surface area contributed by atoms with Crippen molar-refractivity contribution in [3.63, 3.8) is 0 Å². The molecular weight excluding hydrogens is 532 g/mol. The van der Waals surface area contributed by atoms with Gasteiger partial charge in [0.1, 0.15) is 12.6 Å². The van der Waals surface area contributed by atoms with Crippen molar-refractivity contribution in [2.75, 3.05) is 23.6 Å². The van der Waals surface area contributed by atoms with E-state index < -0.39 is 24.0 Å². The summed E-state index contributed by atoms with van der Waals surface area (Å²) in [6.07, 6.45) is -0.636. The molecule has 3 aromatic rings. The molecule has 2 amide bonds. The third kappa shape index (κ3) is 4.66. The van der Waals surface area contributed by atoms with Crippen LogP contribution in [0.25, 0.3) is 11.1 Å². The Morgan fingerprint density at radius 3 is 2.34 bits per heavy atom. The number of nitrogens with one attached hydrogen (secondary N) is 1. The summed E-state index contributed by atoms with van der Waals surface area (Å²) in [7, 11) is 0. The zero-order valence-electron chi connectivity index (χ0n) is 18.4. The zero-order valence-corrected chi connectivity index (χ0v) is 20.8. The number of halogens is 1. The molecule has 9 heteroatoms. The molecule has 1 aliphatic heterocycles. The molecule has 3 aromatic carbocycles. The second-order valence-corrected chi connectivity index (χ2v) is 10.2. The van der Waals surface area contributed by atoms with Gasteiger partial charge in [-0.1, -0.05) is 64.5 Å². The first-order valence-corrected chi connectivity index (χ1v) is 12.9. The average Bonchev–Trinajstić information content (AvgIpc) is 3.45. The second kappa shape index (κ2) is 9.75. The molecule has 1 aliphatic carbocycles. The first-order chi connectivity index (χ1) is 16.9. The number of fused-ring (bicyclic) bond motifs is 3. The Morgan fingerprint density at radius 1 is 1.03 bits per heavy atom. The van der Waals surface area contributed by atoms with Crippen LogP contribution in [0.1, 0.15) is 27.4 Å². The minimum absolute atomic E-state index is 0.0617. The molecule has 1 unspecified atom stereocenters. The second-order valence-electron chi connectivity index (χ2n) is 8.31. The minimum atomic E-state index is -1.03. The molecule has 1 saturated heterocycles. The van der Waals surface area contributed by atoms with Crippen molar-refractivity contribution >= 4 is 51.3 Å². The predicted molar refractivity (Wildman–Crippen MR) is 138 cm³/mol. The number of hydrogen-bond donors (Lipinski definition) is 2. The van der Waals surface area contributed by atoms with E-state index in [1.54, 1.807) is 12.1 Å². The Hall–Kier alpha value is -3.30. The molecule has 1 heterocycles. The number of anilines is 1. The van der Waals surface area contributed by atoms with Crippen molar-refractivity contribution in [3.05, 3.63) is 87.9 Å². The minimum Gasteiger partial charge on any atom is -0.480 e. The lowest BCUT2D eigenvalue weighted by molar-refractivity contribution is -0.140. The molecule has 0 radical (unpaired) electrons. The predicted octanol–water partition coefficient (Wildman–Crippen LogP) is 5.41. The number of ether oxygens (including phenoxy) is 1. The van der Waals surface area contributed by atoms with Crippen LogP contribution < -0.4 is 5.32 Å². The van der Waals surface area contributed by atoms with Crippen molar-refractivity contribution < 1.29 is 24.2 Å².